The Kier molecular flexibility index (Phi) is 4.63. The van der Waals surface area contributed by atoms with Gasteiger partial charge in [-0.15, -0.1) is 0 Å². The maximum Gasteiger partial charge on any atom is 0.138 e. The van der Waals surface area contributed by atoms with Crippen LogP contribution in [0, 0.1) is 0 Å². The van der Waals surface area contributed by atoms with E-state index in [1.165, 1.54) is 0 Å². The molecule has 1 aromatic heterocycles. The number of benzene rings is 1. The lowest BCUT2D eigenvalue weighted by molar-refractivity contribution is 0.0894. The van der Waals surface area contributed by atoms with E-state index in [1.807, 2.05) is 12.1 Å². The Labute approximate surface area is 118 Å². The van der Waals surface area contributed by atoms with Crippen LogP contribution in [0.2, 0.25) is 5.02 Å². The molecule has 1 heterocycles. The molecule has 0 bridgehead atoms. The summed E-state index contributed by atoms with van der Waals surface area (Å²) in [5.74, 6) is 0.569. The molecule has 0 aliphatic heterocycles. The zero-order chi connectivity index (χ0) is 13.0. The minimum atomic E-state index is -0.645. The van der Waals surface area contributed by atoms with Gasteiger partial charge in [0, 0.05) is 6.20 Å². The van der Waals surface area contributed by atoms with E-state index in [0.717, 1.165) is 4.47 Å². The third-order valence-corrected chi connectivity index (χ3v) is 2.99. The summed E-state index contributed by atoms with van der Waals surface area (Å²) in [5, 5.41) is 14.4. The van der Waals surface area contributed by atoms with Crippen LogP contribution in [0.25, 0.3) is 0 Å². The minimum absolute atomic E-state index is 0.168. The highest BCUT2D eigenvalue weighted by atomic mass is 79.9. The molecule has 0 fully saturated rings. The van der Waals surface area contributed by atoms with Crippen molar-refractivity contribution in [3.8, 4) is 5.75 Å². The first-order valence-electron chi connectivity index (χ1n) is 5.38. The highest BCUT2D eigenvalue weighted by Crippen LogP contribution is 2.23. The molecule has 18 heavy (non-hydrogen) atoms. The van der Waals surface area contributed by atoms with Crippen molar-refractivity contribution in [1.29, 1.82) is 0 Å². The largest absolute Gasteiger partial charge is 0.489 e. The van der Waals surface area contributed by atoms with Gasteiger partial charge in [0.25, 0.3) is 0 Å². The number of aliphatic hydroxyl groups excluding tert-OH is 1. The van der Waals surface area contributed by atoms with E-state index >= 15 is 0 Å². The van der Waals surface area contributed by atoms with Gasteiger partial charge in [-0.1, -0.05) is 23.7 Å². The predicted octanol–water partition coefficient (Wildman–Crippen LogP) is 2.74. The molecule has 1 N–H and O–H groups in total. The Morgan fingerprint density at radius 3 is 2.89 bits per heavy atom. The summed E-state index contributed by atoms with van der Waals surface area (Å²) in [6.45, 7) is 0.539. The molecular formula is C12H12BrClN2O2. The number of hydrogen-bond acceptors (Lipinski definition) is 3. The fourth-order valence-corrected chi connectivity index (χ4v) is 1.97. The number of aromatic nitrogens is 2. The molecule has 0 saturated carbocycles. The molecule has 1 atom stereocenters. The van der Waals surface area contributed by atoms with Crippen LogP contribution in [0.5, 0.6) is 5.75 Å². The first kappa shape index (κ1) is 13.4. The van der Waals surface area contributed by atoms with Gasteiger partial charge >= 0.3 is 0 Å². The van der Waals surface area contributed by atoms with Crippen molar-refractivity contribution in [1.82, 2.24) is 9.78 Å². The van der Waals surface area contributed by atoms with Crippen LogP contribution in [-0.4, -0.2) is 27.6 Å². The smallest absolute Gasteiger partial charge is 0.138 e. The summed E-state index contributed by atoms with van der Waals surface area (Å²) in [4.78, 5) is 0. The lowest BCUT2D eigenvalue weighted by Crippen LogP contribution is -2.23. The van der Waals surface area contributed by atoms with E-state index in [4.69, 9.17) is 16.3 Å². The van der Waals surface area contributed by atoms with Crippen molar-refractivity contribution in [3.63, 3.8) is 0 Å². The second-order valence-electron chi connectivity index (χ2n) is 3.78. The Bertz CT molecular complexity index is 518. The van der Waals surface area contributed by atoms with Crippen LogP contribution in [-0.2, 0) is 6.54 Å². The average Bonchev–Trinajstić information content (AvgIpc) is 2.74. The van der Waals surface area contributed by atoms with Gasteiger partial charge in [0.05, 0.1) is 22.2 Å². The van der Waals surface area contributed by atoms with Crippen molar-refractivity contribution >= 4 is 27.5 Å². The molecule has 1 aromatic carbocycles. The van der Waals surface area contributed by atoms with Crippen LogP contribution >= 0.6 is 27.5 Å². The third-order valence-electron chi connectivity index (χ3n) is 2.27. The number of nitrogens with zero attached hydrogens (tertiary/aromatic N) is 2. The molecule has 0 spiro atoms. The molecule has 0 unspecified atom stereocenters. The van der Waals surface area contributed by atoms with Crippen molar-refractivity contribution in [3.05, 3.63) is 46.2 Å². The van der Waals surface area contributed by atoms with Gasteiger partial charge < -0.3 is 9.84 Å². The van der Waals surface area contributed by atoms with Crippen LogP contribution in [0.3, 0.4) is 0 Å². The quantitative estimate of drug-likeness (QED) is 0.916. The van der Waals surface area contributed by atoms with Gasteiger partial charge in [-0.25, -0.2) is 0 Å². The summed E-state index contributed by atoms with van der Waals surface area (Å²) < 4.78 is 7.96. The van der Waals surface area contributed by atoms with E-state index in [-0.39, 0.29) is 6.61 Å². The second kappa shape index (κ2) is 6.22. The van der Waals surface area contributed by atoms with E-state index in [9.17, 15) is 5.11 Å². The number of ether oxygens (including phenoxy) is 1. The maximum atomic E-state index is 9.82. The van der Waals surface area contributed by atoms with Crippen LogP contribution in [0.1, 0.15) is 0 Å². The van der Waals surface area contributed by atoms with E-state index in [2.05, 4.69) is 21.0 Å². The molecule has 0 radical (unpaired) electrons. The monoisotopic (exact) mass is 330 g/mol. The lowest BCUT2D eigenvalue weighted by atomic mass is 10.3. The standard InChI is InChI=1S/C12H12BrClN2O2/c13-9-5-15-16(6-9)7-10(17)8-18-12-4-2-1-3-11(12)14/h1-6,10,17H,7-8H2/t10-/m0/s1. The van der Waals surface area contributed by atoms with Crippen LogP contribution in [0.15, 0.2) is 41.1 Å². The fourth-order valence-electron chi connectivity index (χ4n) is 1.45. The summed E-state index contributed by atoms with van der Waals surface area (Å²) in [6, 6.07) is 7.17. The highest BCUT2D eigenvalue weighted by Gasteiger charge is 2.08. The molecule has 0 aliphatic rings. The van der Waals surface area contributed by atoms with Crippen LogP contribution < -0.4 is 4.74 Å². The second-order valence-corrected chi connectivity index (χ2v) is 5.10. The van der Waals surface area contributed by atoms with Crippen molar-refractivity contribution < 1.29 is 9.84 Å². The summed E-state index contributed by atoms with van der Waals surface area (Å²) in [5.41, 5.74) is 0. The molecule has 2 rings (SSSR count). The van der Waals surface area contributed by atoms with Gasteiger partial charge in [-0.2, -0.15) is 5.10 Å². The summed E-state index contributed by atoms with van der Waals surface area (Å²) in [6.07, 6.45) is 2.81. The Morgan fingerprint density at radius 2 is 2.22 bits per heavy atom. The molecule has 96 valence electrons. The number of hydrogen-bond donors (Lipinski definition) is 1. The zero-order valence-electron chi connectivity index (χ0n) is 9.46. The van der Waals surface area contributed by atoms with Crippen molar-refractivity contribution in [2.45, 2.75) is 12.6 Å². The molecule has 0 amide bonds. The van der Waals surface area contributed by atoms with E-state index in [1.54, 1.807) is 29.2 Å². The maximum absolute atomic E-state index is 9.82. The Morgan fingerprint density at radius 1 is 1.44 bits per heavy atom. The SMILES string of the molecule is O[C@H](COc1ccccc1Cl)Cn1cc(Br)cn1. The van der Waals surface area contributed by atoms with Crippen molar-refractivity contribution in [2.75, 3.05) is 6.61 Å². The lowest BCUT2D eigenvalue weighted by Gasteiger charge is -2.13. The van der Waals surface area contributed by atoms with Gasteiger partial charge in [-0.3, -0.25) is 4.68 Å². The van der Waals surface area contributed by atoms with Gasteiger partial charge in [0.1, 0.15) is 18.5 Å². The first-order valence-corrected chi connectivity index (χ1v) is 6.55. The molecular weight excluding hydrogens is 320 g/mol. The Balaban J connectivity index is 1.85. The van der Waals surface area contributed by atoms with Gasteiger partial charge in [-0.05, 0) is 28.1 Å². The van der Waals surface area contributed by atoms with E-state index < -0.39 is 6.10 Å². The van der Waals surface area contributed by atoms with E-state index in [0.29, 0.717) is 17.3 Å². The minimum Gasteiger partial charge on any atom is -0.489 e. The summed E-state index contributed by atoms with van der Waals surface area (Å²) >= 11 is 9.23. The highest BCUT2D eigenvalue weighted by molar-refractivity contribution is 9.10. The Hall–Kier alpha value is -1.04. The average molecular weight is 332 g/mol. The van der Waals surface area contributed by atoms with Crippen molar-refractivity contribution in [2.24, 2.45) is 0 Å². The fraction of sp³-hybridized carbons (Fsp3) is 0.250. The molecule has 6 heteroatoms. The number of halogens is 2. The number of para-hydroxylation sites is 1. The van der Waals surface area contributed by atoms with Gasteiger partial charge in [0.2, 0.25) is 0 Å². The van der Waals surface area contributed by atoms with Gasteiger partial charge in [0.15, 0.2) is 0 Å². The topological polar surface area (TPSA) is 47.3 Å². The normalized spacial score (nSPS) is 12.4. The summed E-state index contributed by atoms with van der Waals surface area (Å²) in [7, 11) is 0. The molecule has 0 saturated heterocycles. The van der Waals surface area contributed by atoms with Crippen LogP contribution in [0.4, 0.5) is 0 Å². The zero-order valence-corrected chi connectivity index (χ0v) is 11.8. The molecule has 4 nitrogen and oxygen atoms in total. The first-order chi connectivity index (χ1) is 8.65. The predicted molar refractivity (Wildman–Crippen MR) is 72.9 cm³/mol. The molecule has 0 aliphatic carbocycles. The third kappa shape index (κ3) is 3.73. The number of rotatable bonds is 5. The number of aliphatic hydroxyl groups is 1. The molecule has 2 aromatic rings.